The molecule has 0 spiro atoms. The van der Waals surface area contributed by atoms with Crippen molar-refractivity contribution in [2.45, 2.75) is 42.4 Å². The van der Waals surface area contributed by atoms with E-state index in [1.807, 2.05) is 74.5 Å². The minimum atomic E-state index is -4.25. The summed E-state index contributed by atoms with van der Waals surface area (Å²) in [5, 5.41) is 0. The maximum absolute atomic E-state index is 14.5. The first-order chi connectivity index (χ1) is 20.1. The van der Waals surface area contributed by atoms with Crippen LogP contribution >= 0.6 is 0 Å². The van der Waals surface area contributed by atoms with Gasteiger partial charge in [-0.15, -0.1) is 0 Å². The number of hydrogen-bond acceptors (Lipinski definition) is 6. The van der Waals surface area contributed by atoms with Gasteiger partial charge in [-0.1, -0.05) is 84.4 Å². The molecule has 0 saturated heterocycles. The Balaban J connectivity index is 1.56. The van der Waals surface area contributed by atoms with Crippen LogP contribution in [0.15, 0.2) is 113 Å². The molecule has 0 fully saturated rings. The second-order valence-electron chi connectivity index (χ2n) is 10.3. The molecule has 0 saturated carbocycles. The van der Waals surface area contributed by atoms with Crippen LogP contribution in [0.5, 0.6) is 5.75 Å². The molecular formula is C32H34N2O6S2. The minimum Gasteiger partial charge on any atom is -0.485 e. The van der Waals surface area contributed by atoms with Crippen molar-refractivity contribution in [3.8, 4) is 5.75 Å². The molecule has 1 heterocycles. The molecule has 4 aromatic rings. The molecule has 10 heteroatoms. The number of fused-ring (bicyclic) bond motifs is 1. The van der Waals surface area contributed by atoms with E-state index in [-0.39, 0.29) is 34.4 Å². The first kappa shape index (κ1) is 29.8. The Morgan fingerprint density at radius 1 is 0.929 bits per heavy atom. The molecule has 0 aliphatic carbocycles. The summed E-state index contributed by atoms with van der Waals surface area (Å²) in [4.78, 5) is -0.140. The highest BCUT2D eigenvalue weighted by Crippen LogP contribution is 2.42. The van der Waals surface area contributed by atoms with Gasteiger partial charge in [-0.2, -0.15) is 4.31 Å². The Hall–Kier alpha value is -3.70. The molecule has 8 nitrogen and oxygen atoms in total. The number of sulfonamides is 2. The fraction of sp³-hybridized carbons (Fsp3) is 0.250. The van der Waals surface area contributed by atoms with Crippen molar-refractivity contribution >= 4 is 25.7 Å². The largest absolute Gasteiger partial charge is 0.485 e. The number of anilines is 1. The van der Waals surface area contributed by atoms with Gasteiger partial charge in [0.15, 0.2) is 0 Å². The first-order valence-electron chi connectivity index (χ1n) is 13.6. The third-order valence-corrected chi connectivity index (χ3v) is 11.1. The number of benzene rings is 4. The van der Waals surface area contributed by atoms with Crippen molar-refractivity contribution in [2.75, 3.05) is 24.5 Å². The second kappa shape index (κ2) is 12.3. The Morgan fingerprint density at radius 2 is 1.57 bits per heavy atom. The summed E-state index contributed by atoms with van der Waals surface area (Å²) in [7, 11) is -6.98. The molecule has 4 aromatic carbocycles. The van der Waals surface area contributed by atoms with Crippen molar-refractivity contribution in [3.05, 3.63) is 120 Å². The summed E-state index contributed by atoms with van der Waals surface area (Å²) in [6, 6.07) is 29.5. The van der Waals surface area contributed by atoms with Crippen LogP contribution in [0.3, 0.4) is 0 Å². The quantitative estimate of drug-likeness (QED) is 0.248. The van der Waals surface area contributed by atoms with Gasteiger partial charge in [0.2, 0.25) is 10.0 Å². The standard InChI is InChI=1S/C32H34N2O6S2/c1-24-17-19-29(20-18-24)41(35,36)33(3)30-15-10-16-31-32(30)42(37,38)34(25(2)27-13-8-5-9-14-27)21-28(40-31)23-39-22-26-11-6-4-7-12-26/h4-20,25,28H,21-23H2,1-3H3/t25-,28+/m1/s1. The fourth-order valence-electron chi connectivity index (χ4n) is 4.97. The lowest BCUT2D eigenvalue weighted by molar-refractivity contribution is 0.0314. The first-order valence-corrected chi connectivity index (χ1v) is 16.5. The SMILES string of the molecule is Cc1ccc(S(=O)(=O)N(C)c2cccc3c2S(=O)(=O)N([C@H](C)c2ccccc2)C[C@@H](COCc2ccccc2)O3)cc1. The van der Waals surface area contributed by atoms with Crippen LogP contribution in [0.4, 0.5) is 5.69 Å². The molecule has 220 valence electrons. The normalized spacial score (nSPS) is 17.5. The molecule has 42 heavy (non-hydrogen) atoms. The molecule has 0 unspecified atom stereocenters. The zero-order valence-electron chi connectivity index (χ0n) is 23.8. The average Bonchev–Trinajstić information content (AvgIpc) is 3.11. The molecule has 1 aliphatic rings. The maximum atomic E-state index is 14.5. The lowest BCUT2D eigenvalue weighted by atomic mass is 10.1. The van der Waals surface area contributed by atoms with Crippen LogP contribution < -0.4 is 9.04 Å². The van der Waals surface area contributed by atoms with Gasteiger partial charge in [0.25, 0.3) is 10.0 Å². The van der Waals surface area contributed by atoms with E-state index in [2.05, 4.69) is 0 Å². The highest BCUT2D eigenvalue weighted by atomic mass is 32.2. The predicted octanol–water partition coefficient (Wildman–Crippen LogP) is 5.55. The van der Waals surface area contributed by atoms with Gasteiger partial charge in [0, 0.05) is 13.1 Å². The van der Waals surface area contributed by atoms with E-state index in [0.717, 1.165) is 21.0 Å². The van der Waals surface area contributed by atoms with E-state index in [1.165, 1.54) is 29.6 Å². The van der Waals surface area contributed by atoms with Crippen molar-refractivity contribution in [1.82, 2.24) is 4.31 Å². The third-order valence-electron chi connectivity index (χ3n) is 7.35. The summed E-state index contributed by atoms with van der Waals surface area (Å²) in [6.45, 7) is 4.16. The molecule has 0 radical (unpaired) electrons. The summed E-state index contributed by atoms with van der Waals surface area (Å²) < 4.78 is 71.0. The number of hydrogen-bond donors (Lipinski definition) is 0. The topological polar surface area (TPSA) is 93.2 Å². The summed E-state index contributed by atoms with van der Waals surface area (Å²) >= 11 is 0. The van der Waals surface area contributed by atoms with E-state index in [0.29, 0.717) is 6.61 Å². The Kier molecular flexibility index (Phi) is 8.70. The van der Waals surface area contributed by atoms with Crippen LogP contribution in [0.1, 0.15) is 29.7 Å². The number of aryl methyl sites for hydroxylation is 1. The van der Waals surface area contributed by atoms with Gasteiger partial charge in [0.1, 0.15) is 16.7 Å². The Bertz CT molecular complexity index is 1730. The van der Waals surface area contributed by atoms with Gasteiger partial charge in [-0.25, -0.2) is 16.8 Å². The van der Waals surface area contributed by atoms with Crippen LogP contribution in [0.2, 0.25) is 0 Å². The smallest absolute Gasteiger partial charge is 0.264 e. The van der Waals surface area contributed by atoms with Gasteiger partial charge in [-0.05, 0) is 49.2 Å². The minimum absolute atomic E-state index is 0.00388. The molecule has 2 atom stereocenters. The van der Waals surface area contributed by atoms with Crippen molar-refractivity contribution < 1.29 is 26.3 Å². The van der Waals surface area contributed by atoms with Crippen LogP contribution in [0, 0.1) is 6.92 Å². The van der Waals surface area contributed by atoms with Crippen molar-refractivity contribution in [2.24, 2.45) is 0 Å². The summed E-state index contributed by atoms with van der Waals surface area (Å²) in [5.41, 5.74) is 2.70. The van der Waals surface area contributed by atoms with E-state index < -0.39 is 32.2 Å². The van der Waals surface area contributed by atoms with Crippen LogP contribution in [0.25, 0.3) is 0 Å². The van der Waals surface area contributed by atoms with Gasteiger partial charge < -0.3 is 9.47 Å². The third kappa shape index (κ3) is 6.07. The molecular weight excluding hydrogens is 572 g/mol. The monoisotopic (exact) mass is 606 g/mol. The van der Waals surface area contributed by atoms with E-state index >= 15 is 0 Å². The van der Waals surface area contributed by atoms with Gasteiger partial charge in [0.05, 0.1) is 30.3 Å². The lowest BCUT2D eigenvalue weighted by Gasteiger charge is -2.30. The summed E-state index contributed by atoms with van der Waals surface area (Å²) in [5.74, 6) is 0.0783. The van der Waals surface area contributed by atoms with E-state index in [1.54, 1.807) is 24.3 Å². The number of ether oxygens (including phenoxy) is 2. The second-order valence-corrected chi connectivity index (χ2v) is 14.1. The van der Waals surface area contributed by atoms with E-state index in [9.17, 15) is 16.8 Å². The van der Waals surface area contributed by atoms with Crippen LogP contribution in [-0.2, 0) is 31.4 Å². The highest BCUT2D eigenvalue weighted by Gasteiger charge is 2.41. The lowest BCUT2D eigenvalue weighted by Crippen LogP contribution is -2.41. The zero-order valence-corrected chi connectivity index (χ0v) is 25.4. The molecule has 5 rings (SSSR count). The van der Waals surface area contributed by atoms with Gasteiger partial charge in [-0.3, -0.25) is 4.31 Å². The molecule has 0 amide bonds. The fourth-order valence-corrected chi connectivity index (χ4v) is 8.21. The molecule has 0 bridgehead atoms. The number of nitrogens with zero attached hydrogens (tertiary/aromatic N) is 2. The van der Waals surface area contributed by atoms with Crippen molar-refractivity contribution in [3.63, 3.8) is 0 Å². The average molecular weight is 607 g/mol. The highest BCUT2D eigenvalue weighted by molar-refractivity contribution is 7.93. The summed E-state index contributed by atoms with van der Waals surface area (Å²) in [6.07, 6.45) is -0.648. The van der Waals surface area contributed by atoms with Gasteiger partial charge >= 0.3 is 0 Å². The van der Waals surface area contributed by atoms with Crippen LogP contribution in [-0.4, -0.2) is 47.4 Å². The predicted molar refractivity (Wildman–Crippen MR) is 162 cm³/mol. The molecule has 0 N–H and O–H groups in total. The number of rotatable bonds is 9. The van der Waals surface area contributed by atoms with Crippen molar-refractivity contribution in [1.29, 1.82) is 0 Å². The molecule has 1 aliphatic heterocycles. The maximum Gasteiger partial charge on any atom is 0.264 e. The Morgan fingerprint density at radius 3 is 2.24 bits per heavy atom. The zero-order chi connectivity index (χ0) is 29.9. The van der Waals surface area contributed by atoms with E-state index in [4.69, 9.17) is 9.47 Å². The molecule has 0 aromatic heterocycles. The Labute approximate surface area is 248 Å².